The van der Waals surface area contributed by atoms with Gasteiger partial charge in [-0.15, -0.1) is 0 Å². The summed E-state index contributed by atoms with van der Waals surface area (Å²) in [6, 6.07) is 24.8. The summed E-state index contributed by atoms with van der Waals surface area (Å²) >= 11 is 5.86. The molecule has 132 valence electrons. The summed E-state index contributed by atoms with van der Waals surface area (Å²) < 4.78 is 5.54. The second-order valence-corrected chi connectivity index (χ2v) is 6.50. The van der Waals surface area contributed by atoms with Gasteiger partial charge in [0.05, 0.1) is 6.04 Å². The molecule has 1 atom stereocenters. The van der Waals surface area contributed by atoms with Gasteiger partial charge in [-0.25, -0.2) is 0 Å². The van der Waals surface area contributed by atoms with Gasteiger partial charge in [0.1, 0.15) is 5.75 Å². The summed E-state index contributed by atoms with van der Waals surface area (Å²) in [5.41, 5.74) is 3.23. The molecule has 0 saturated heterocycles. The van der Waals surface area contributed by atoms with Crippen molar-refractivity contribution in [1.82, 2.24) is 5.32 Å². The quantitative estimate of drug-likeness (QED) is 0.672. The highest BCUT2D eigenvalue weighted by Gasteiger charge is 2.17. The molecule has 3 nitrogen and oxygen atoms in total. The van der Waals surface area contributed by atoms with Crippen molar-refractivity contribution in [1.29, 1.82) is 0 Å². The van der Waals surface area contributed by atoms with Crippen molar-refractivity contribution in [3.05, 3.63) is 101 Å². The van der Waals surface area contributed by atoms with E-state index in [0.29, 0.717) is 10.8 Å². The third kappa shape index (κ3) is 4.87. The third-order valence-electron chi connectivity index (χ3n) is 4.03. The SMILES string of the molecule is Cc1ccc([C@@H](NC(=O)COc2ccc(Cl)cc2)c2ccccc2)cc1. The number of ether oxygens (including phenoxy) is 1. The van der Waals surface area contributed by atoms with E-state index in [0.717, 1.165) is 11.1 Å². The first kappa shape index (κ1) is 18.0. The number of nitrogens with one attached hydrogen (secondary N) is 1. The summed E-state index contributed by atoms with van der Waals surface area (Å²) in [7, 11) is 0. The molecule has 3 aromatic rings. The van der Waals surface area contributed by atoms with E-state index in [1.165, 1.54) is 5.56 Å². The minimum Gasteiger partial charge on any atom is -0.484 e. The van der Waals surface area contributed by atoms with E-state index in [2.05, 4.69) is 5.32 Å². The van der Waals surface area contributed by atoms with E-state index in [1.54, 1.807) is 24.3 Å². The number of halogens is 1. The molecule has 3 rings (SSSR count). The molecule has 0 radical (unpaired) electrons. The molecule has 0 aliphatic heterocycles. The lowest BCUT2D eigenvalue weighted by molar-refractivity contribution is -0.123. The summed E-state index contributed by atoms with van der Waals surface area (Å²) in [5.74, 6) is 0.422. The Balaban J connectivity index is 1.71. The fourth-order valence-electron chi connectivity index (χ4n) is 2.65. The number of aryl methyl sites for hydroxylation is 1. The fourth-order valence-corrected chi connectivity index (χ4v) is 2.77. The van der Waals surface area contributed by atoms with Gasteiger partial charge < -0.3 is 10.1 Å². The van der Waals surface area contributed by atoms with Crippen LogP contribution in [-0.4, -0.2) is 12.5 Å². The number of benzene rings is 3. The second kappa shape index (κ2) is 8.54. The van der Waals surface area contributed by atoms with Gasteiger partial charge in [0.25, 0.3) is 5.91 Å². The van der Waals surface area contributed by atoms with Crippen LogP contribution in [0.2, 0.25) is 5.02 Å². The topological polar surface area (TPSA) is 38.3 Å². The number of rotatable bonds is 6. The molecule has 4 heteroatoms. The van der Waals surface area contributed by atoms with Crippen LogP contribution in [0.3, 0.4) is 0 Å². The lowest BCUT2D eigenvalue weighted by atomic mass is 9.98. The maximum atomic E-state index is 12.4. The summed E-state index contributed by atoms with van der Waals surface area (Å²) in [6.45, 7) is 1.98. The minimum absolute atomic E-state index is 0.0587. The monoisotopic (exact) mass is 365 g/mol. The Morgan fingerprint density at radius 2 is 1.54 bits per heavy atom. The third-order valence-corrected chi connectivity index (χ3v) is 4.28. The van der Waals surface area contributed by atoms with E-state index in [1.807, 2.05) is 61.5 Å². The van der Waals surface area contributed by atoms with Gasteiger partial charge in [-0.2, -0.15) is 0 Å². The van der Waals surface area contributed by atoms with Crippen LogP contribution in [0.4, 0.5) is 0 Å². The fraction of sp³-hybridized carbons (Fsp3) is 0.136. The standard InChI is InChI=1S/C22H20ClNO2/c1-16-7-9-18(10-8-16)22(17-5-3-2-4-6-17)24-21(25)15-26-20-13-11-19(23)12-14-20/h2-14,22H,15H2,1H3,(H,24,25)/t22-/m0/s1. The van der Waals surface area contributed by atoms with Gasteiger partial charge in [0.2, 0.25) is 0 Å². The van der Waals surface area contributed by atoms with Crippen LogP contribution in [0.5, 0.6) is 5.75 Å². The van der Waals surface area contributed by atoms with Crippen LogP contribution >= 0.6 is 11.6 Å². The molecule has 3 aromatic carbocycles. The van der Waals surface area contributed by atoms with Crippen LogP contribution in [0.15, 0.2) is 78.9 Å². The van der Waals surface area contributed by atoms with Crippen molar-refractivity contribution in [2.75, 3.05) is 6.61 Å². The zero-order valence-electron chi connectivity index (χ0n) is 14.5. The van der Waals surface area contributed by atoms with E-state index < -0.39 is 0 Å². The Hall–Kier alpha value is -2.78. The highest BCUT2D eigenvalue weighted by molar-refractivity contribution is 6.30. The Kier molecular flexibility index (Phi) is 5.92. The molecule has 0 aliphatic rings. The molecule has 0 spiro atoms. The molecule has 0 bridgehead atoms. The van der Waals surface area contributed by atoms with E-state index >= 15 is 0 Å². The first-order valence-corrected chi connectivity index (χ1v) is 8.79. The molecule has 0 unspecified atom stereocenters. The van der Waals surface area contributed by atoms with Gasteiger partial charge in [-0.1, -0.05) is 71.8 Å². The number of amides is 1. The molecule has 0 aliphatic carbocycles. The molecular weight excluding hydrogens is 346 g/mol. The molecule has 1 amide bonds. The molecule has 0 heterocycles. The second-order valence-electron chi connectivity index (χ2n) is 6.06. The van der Waals surface area contributed by atoms with Gasteiger partial charge >= 0.3 is 0 Å². The summed E-state index contributed by atoms with van der Waals surface area (Å²) in [6.07, 6.45) is 0. The molecule has 1 N–H and O–H groups in total. The van der Waals surface area contributed by atoms with Crippen molar-refractivity contribution in [2.24, 2.45) is 0 Å². The van der Waals surface area contributed by atoms with Crippen LogP contribution in [0.1, 0.15) is 22.7 Å². The number of hydrogen-bond acceptors (Lipinski definition) is 2. The van der Waals surface area contributed by atoms with E-state index in [-0.39, 0.29) is 18.6 Å². The normalized spacial score (nSPS) is 11.6. The Labute approximate surface area is 158 Å². The molecule has 0 aromatic heterocycles. The zero-order valence-corrected chi connectivity index (χ0v) is 15.2. The zero-order chi connectivity index (χ0) is 18.4. The van der Waals surface area contributed by atoms with Crippen molar-refractivity contribution in [2.45, 2.75) is 13.0 Å². The molecular formula is C22H20ClNO2. The van der Waals surface area contributed by atoms with Crippen LogP contribution in [0, 0.1) is 6.92 Å². The van der Waals surface area contributed by atoms with Crippen LogP contribution < -0.4 is 10.1 Å². The largest absolute Gasteiger partial charge is 0.484 e. The summed E-state index contributed by atoms with van der Waals surface area (Å²) in [4.78, 5) is 12.4. The van der Waals surface area contributed by atoms with Crippen molar-refractivity contribution in [3.8, 4) is 5.75 Å². The lowest BCUT2D eigenvalue weighted by Gasteiger charge is -2.20. The van der Waals surface area contributed by atoms with Gasteiger partial charge in [-0.3, -0.25) is 4.79 Å². The minimum atomic E-state index is -0.224. The van der Waals surface area contributed by atoms with Crippen molar-refractivity contribution >= 4 is 17.5 Å². The van der Waals surface area contributed by atoms with E-state index in [4.69, 9.17) is 16.3 Å². The van der Waals surface area contributed by atoms with Gasteiger partial charge in [0, 0.05) is 5.02 Å². The van der Waals surface area contributed by atoms with Gasteiger partial charge in [-0.05, 0) is 42.3 Å². The molecule has 0 saturated carbocycles. The predicted octanol–water partition coefficient (Wildman–Crippen LogP) is 4.93. The number of hydrogen-bond donors (Lipinski definition) is 1. The Bertz CT molecular complexity index is 846. The summed E-state index contributed by atoms with van der Waals surface area (Å²) in [5, 5.41) is 3.69. The number of carbonyl (C=O) groups excluding carboxylic acids is 1. The van der Waals surface area contributed by atoms with Crippen LogP contribution in [0.25, 0.3) is 0 Å². The average Bonchev–Trinajstić information content (AvgIpc) is 2.67. The van der Waals surface area contributed by atoms with Gasteiger partial charge in [0.15, 0.2) is 6.61 Å². The number of carbonyl (C=O) groups is 1. The maximum Gasteiger partial charge on any atom is 0.258 e. The highest BCUT2D eigenvalue weighted by Crippen LogP contribution is 2.22. The Morgan fingerprint density at radius 1 is 0.923 bits per heavy atom. The van der Waals surface area contributed by atoms with Crippen molar-refractivity contribution in [3.63, 3.8) is 0 Å². The molecule has 0 fully saturated rings. The predicted molar refractivity (Wildman–Crippen MR) is 105 cm³/mol. The lowest BCUT2D eigenvalue weighted by Crippen LogP contribution is -2.33. The Morgan fingerprint density at radius 3 is 2.19 bits per heavy atom. The highest BCUT2D eigenvalue weighted by atomic mass is 35.5. The molecule has 26 heavy (non-hydrogen) atoms. The maximum absolute atomic E-state index is 12.4. The first-order valence-electron chi connectivity index (χ1n) is 8.41. The van der Waals surface area contributed by atoms with Crippen LogP contribution in [-0.2, 0) is 4.79 Å². The smallest absolute Gasteiger partial charge is 0.258 e. The van der Waals surface area contributed by atoms with E-state index in [9.17, 15) is 4.79 Å². The first-order chi connectivity index (χ1) is 12.6. The average molecular weight is 366 g/mol. The van der Waals surface area contributed by atoms with Crippen molar-refractivity contribution < 1.29 is 9.53 Å².